The van der Waals surface area contributed by atoms with Crippen LogP contribution in [-0.4, -0.2) is 10.9 Å². The van der Waals surface area contributed by atoms with Crippen LogP contribution in [0.15, 0.2) is 78.5 Å². The van der Waals surface area contributed by atoms with Crippen molar-refractivity contribution < 1.29 is 22.7 Å². The topological polar surface area (TPSA) is 77.9 Å². The van der Waals surface area contributed by atoms with Crippen LogP contribution in [0.5, 0.6) is 5.75 Å². The predicted molar refractivity (Wildman–Crippen MR) is 128 cm³/mol. The number of nitrogens with one attached hydrogen (secondary N) is 2. The number of hydrogen-bond donors (Lipinski definition) is 2. The average Bonchev–Trinajstić information content (AvgIpc) is 3.24. The molecule has 0 saturated heterocycles. The molecule has 1 amide bonds. The molecule has 2 N–H and O–H groups in total. The van der Waals surface area contributed by atoms with Gasteiger partial charge in [-0.15, -0.1) is 0 Å². The predicted octanol–water partition coefficient (Wildman–Crippen LogP) is 6.96. The van der Waals surface area contributed by atoms with Crippen LogP contribution in [0, 0.1) is 11.3 Å². The van der Waals surface area contributed by atoms with Crippen molar-refractivity contribution in [1.82, 2.24) is 4.98 Å². The number of ether oxygens (including phenoxy) is 1. The molecule has 35 heavy (non-hydrogen) atoms. The zero-order valence-corrected chi connectivity index (χ0v) is 18.7. The molecule has 3 aromatic carbocycles. The first-order valence-electron chi connectivity index (χ1n) is 10.3. The minimum Gasteiger partial charge on any atom is -0.489 e. The lowest BCUT2D eigenvalue weighted by atomic mass is 10.1. The molecule has 9 heteroatoms. The summed E-state index contributed by atoms with van der Waals surface area (Å²) in [6.45, 7) is 0.367. The lowest BCUT2D eigenvalue weighted by Gasteiger charge is -2.11. The Morgan fingerprint density at radius 1 is 1.11 bits per heavy atom. The minimum atomic E-state index is -4.61. The van der Waals surface area contributed by atoms with Gasteiger partial charge in [0.25, 0.3) is 5.91 Å². The van der Waals surface area contributed by atoms with Crippen molar-refractivity contribution in [1.29, 1.82) is 5.26 Å². The third-order valence-electron chi connectivity index (χ3n) is 5.14. The number of nitriles is 1. The van der Waals surface area contributed by atoms with Gasteiger partial charge in [-0.25, -0.2) is 0 Å². The van der Waals surface area contributed by atoms with Gasteiger partial charge in [-0.05, 0) is 48.0 Å². The molecular weight excluding hydrogens is 479 g/mol. The Hall–Kier alpha value is -4.22. The number of carbonyl (C=O) groups excluding carboxylic acids is 1. The van der Waals surface area contributed by atoms with Crippen LogP contribution in [-0.2, 0) is 17.6 Å². The number of rotatable bonds is 6. The maximum atomic E-state index is 13.0. The number of carbonyl (C=O) groups is 1. The van der Waals surface area contributed by atoms with E-state index in [-0.39, 0.29) is 16.3 Å². The Bertz CT molecular complexity index is 1450. The van der Waals surface area contributed by atoms with Crippen LogP contribution in [0.2, 0.25) is 5.02 Å². The summed E-state index contributed by atoms with van der Waals surface area (Å²) < 4.78 is 44.9. The van der Waals surface area contributed by atoms with Crippen LogP contribution in [0.4, 0.5) is 18.9 Å². The van der Waals surface area contributed by atoms with E-state index < -0.39 is 17.6 Å². The molecule has 0 radical (unpaired) electrons. The zero-order valence-electron chi connectivity index (χ0n) is 18.0. The highest BCUT2D eigenvalue weighted by atomic mass is 35.5. The molecule has 0 saturated carbocycles. The number of anilines is 1. The van der Waals surface area contributed by atoms with E-state index in [2.05, 4.69) is 10.3 Å². The first kappa shape index (κ1) is 23.9. The quantitative estimate of drug-likeness (QED) is 0.224. The third-order valence-corrected chi connectivity index (χ3v) is 5.47. The summed E-state index contributed by atoms with van der Waals surface area (Å²) in [7, 11) is 0. The molecule has 0 fully saturated rings. The van der Waals surface area contributed by atoms with E-state index in [1.54, 1.807) is 24.4 Å². The van der Waals surface area contributed by atoms with Crippen molar-refractivity contribution in [3.8, 4) is 11.8 Å². The Kier molecular flexibility index (Phi) is 6.80. The number of aromatic amines is 1. The van der Waals surface area contributed by atoms with Gasteiger partial charge < -0.3 is 15.0 Å². The molecule has 1 heterocycles. The lowest BCUT2D eigenvalue weighted by molar-refractivity contribution is -0.137. The minimum absolute atomic E-state index is 0.0871. The van der Waals surface area contributed by atoms with E-state index in [9.17, 15) is 23.2 Å². The van der Waals surface area contributed by atoms with Gasteiger partial charge >= 0.3 is 6.18 Å². The van der Waals surface area contributed by atoms with E-state index in [0.29, 0.717) is 23.3 Å². The second kappa shape index (κ2) is 9.95. The lowest BCUT2D eigenvalue weighted by Crippen LogP contribution is -2.15. The fourth-order valence-electron chi connectivity index (χ4n) is 3.36. The summed E-state index contributed by atoms with van der Waals surface area (Å²) in [4.78, 5) is 15.7. The van der Waals surface area contributed by atoms with E-state index in [1.807, 2.05) is 36.4 Å². The molecule has 0 aliphatic rings. The summed E-state index contributed by atoms with van der Waals surface area (Å²) in [5, 5.41) is 12.4. The van der Waals surface area contributed by atoms with Crippen molar-refractivity contribution in [3.05, 3.63) is 100 Å². The van der Waals surface area contributed by atoms with Gasteiger partial charge in [-0.3, -0.25) is 4.79 Å². The first-order chi connectivity index (χ1) is 16.7. The smallest absolute Gasteiger partial charge is 0.416 e. The number of hydrogen-bond acceptors (Lipinski definition) is 3. The largest absolute Gasteiger partial charge is 0.489 e. The highest BCUT2D eigenvalue weighted by Crippen LogP contribution is 2.34. The Morgan fingerprint density at radius 3 is 2.60 bits per heavy atom. The zero-order chi connectivity index (χ0) is 25.0. The molecule has 4 rings (SSSR count). The Morgan fingerprint density at radius 2 is 1.89 bits per heavy atom. The van der Waals surface area contributed by atoms with Crippen LogP contribution >= 0.6 is 11.6 Å². The van der Waals surface area contributed by atoms with Crippen LogP contribution in [0.25, 0.3) is 17.0 Å². The van der Waals surface area contributed by atoms with Crippen molar-refractivity contribution in [2.24, 2.45) is 0 Å². The van der Waals surface area contributed by atoms with Crippen molar-refractivity contribution in [2.45, 2.75) is 12.8 Å². The highest BCUT2D eigenvalue weighted by Gasteiger charge is 2.31. The Balaban J connectivity index is 1.57. The summed E-state index contributed by atoms with van der Waals surface area (Å²) in [6, 6.07) is 19.4. The SMILES string of the molecule is N#CC(=Cc1c[nH]c2ccc(OCc3ccccc3)cc12)C(=O)Nc1cc(C(F)(F)F)ccc1Cl. The number of benzene rings is 3. The molecule has 0 spiro atoms. The van der Waals surface area contributed by atoms with Gasteiger partial charge in [-0.1, -0.05) is 41.9 Å². The normalized spacial score (nSPS) is 11.8. The molecule has 0 bridgehead atoms. The van der Waals surface area contributed by atoms with E-state index in [1.165, 1.54) is 6.08 Å². The molecule has 176 valence electrons. The fraction of sp³-hybridized carbons (Fsp3) is 0.0769. The van der Waals surface area contributed by atoms with Gasteiger partial charge in [0.05, 0.1) is 16.3 Å². The van der Waals surface area contributed by atoms with E-state index in [4.69, 9.17) is 16.3 Å². The molecule has 0 unspecified atom stereocenters. The fourth-order valence-corrected chi connectivity index (χ4v) is 3.53. The van der Waals surface area contributed by atoms with Gasteiger partial charge in [0.15, 0.2) is 0 Å². The summed E-state index contributed by atoms with van der Waals surface area (Å²) in [6.07, 6.45) is -1.65. The molecule has 0 aliphatic heterocycles. The molecule has 0 atom stereocenters. The van der Waals surface area contributed by atoms with Crippen molar-refractivity contribution in [2.75, 3.05) is 5.32 Å². The monoisotopic (exact) mass is 495 g/mol. The summed E-state index contributed by atoms with van der Waals surface area (Å²) >= 11 is 5.95. The van der Waals surface area contributed by atoms with Gasteiger partial charge in [0.1, 0.15) is 24.0 Å². The second-order valence-corrected chi connectivity index (χ2v) is 7.95. The summed E-state index contributed by atoms with van der Waals surface area (Å²) in [5.74, 6) is -0.297. The van der Waals surface area contributed by atoms with Crippen molar-refractivity contribution in [3.63, 3.8) is 0 Å². The highest BCUT2D eigenvalue weighted by molar-refractivity contribution is 6.34. The molecular formula is C26H17ClF3N3O2. The number of halogens is 4. The summed E-state index contributed by atoms with van der Waals surface area (Å²) in [5.41, 5.74) is 0.755. The van der Waals surface area contributed by atoms with Crippen LogP contribution in [0.1, 0.15) is 16.7 Å². The number of nitrogens with zero attached hydrogens (tertiary/aromatic N) is 1. The van der Waals surface area contributed by atoms with Crippen LogP contribution < -0.4 is 10.1 Å². The van der Waals surface area contributed by atoms with E-state index in [0.717, 1.165) is 29.3 Å². The number of amides is 1. The number of alkyl halides is 3. The molecule has 0 aliphatic carbocycles. The molecule has 1 aromatic heterocycles. The maximum Gasteiger partial charge on any atom is 0.416 e. The first-order valence-corrected chi connectivity index (χ1v) is 10.7. The standard InChI is InChI=1S/C26H17ClF3N3O2/c27-22-8-6-19(26(28,29)30)11-24(22)33-25(34)17(13-31)10-18-14-32-23-9-7-20(12-21(18)23)35-15-16-4-2-1-3-5-16/h1-12,14,32H,15H2,(H,33,34). The molecule has 5 nitrogen and oxygen atoms in total. The second-order valence-electron chi connectivity index (χ2n) is 7.54. The maximum absolute atomic E-state index is 13.0. The van der Waals surface area contributed by atoms with Gasteiger partial charge in [0, 0.05) is 22.7 Å². The van der Waals surface area contributed by atoms with Gasteiger partial charge in [0.2, 0.25) is 0 Å². The van der Waals surface area contributed by atoms with Crippen LogP contribution in [0.3, 0.4) is 0 Å². The van der Waals surface area contributed by atoms with Gasteiger partial charge in [-0.2, -0.15) is 18.4 Å². The third kappa shape index (κ3) is 5.65. The average molecular weight is 496 g/mol. The number of H-pyrrole nitrogens is 1. The number of fused-ring (bicyclic) bond motifs is 1. The molecule has 4 aromatic rings. The van der Waals surface area contributed by atoms with Crippen molar-refractivity contribution >= 4 is 40.2 Å². The van der Waals surface area contributed by atoms with E-state index >= 15 is 0 Å². The number of aromatic nitrogens is 1. The Labute approximate surface area is 203 Å².